The lowest BCUT2D eigenvalue weighted by Crippen LogP contribution is -2.38. The van der Waals surface area contributed by atoms with Crippen molar-refractivity contribution >= 4 is 22.6 Å². The zero-order valence-corrected chi connectivity index (χ0v) is 15.9. The van der Waals surface area contributed by atoms with Crippen LogP contribution in [0.5, 0.6) is 5.75 Å². The van der Waals surface area contributed by atoms with Crippen LogP contribution in [0.15, 0.2) is 36.4 Å². The van der Waals surface area contributed by atoms with Crippen molar-refractivity contribution in [1.82, 2.24) is 4.90 Å². The van der Waals surface area contributed by atoms with Crippen molar-refractivity contribution in [3.63, 3.8) is 0 Å². The summed E-state index contributed by atoms with van der Waals surface area (Å²) in [4.78, 5) is 25.5. The van der Waals surface area contributed by atoms with Crippen LogP contribution in [0, 0.1) is 5.92 Å². The average molecular weight is 357 g/mol. The minimum Gasteiger partial charge on any atom is -0.497 e. The van der Waals surface area contributed by atoms with E-state index < -0.39 is 5.97 Å². The molecule has 0 fully saturated rings. The number of carbonyl (C=O) groups is 2. The third kappa shape index (κ3) is 4.97. The summed E-state index contributed by atoms with van der Waals surface area (Å²) in [6, 6.07) is 11.8. The smallest absolute Gasteiger partial charge is 0.305 e. The molecule has 0 aliphatic heterocycles. The fraction of sp³-hybridized carbons (Fsp3) is 0.429. The standard InChI is InChI=1S/C21H27NO4/c1-14(2)13-22(10-9-20(23)24)21(25)15(3)16-5-6-18-12-19(26-4)8-7-17(18)11-16/h5-8,11-12,14-15H,9-10,13H2,1-4H3,(H,23,24)/t15-/m0/s1. The van der Waals surface area contributed by atoms with Crippen molar-refractivity contribution in [2.45, 2.75) is 33.1 Å². The molecule has 140 valence electrons. The first kappa shape index (κ1) is 19.8. The Morgan fingerprint density at radius 1 is 1.08 bits per heavy atom. The predicted molar refractivity (Wildman–Crippen MR) is 103 cm³/mol. The van der Waals surface area contributed by atoms with Crippen molar-refractivity contribution in [2.75, 3.05) is 20.2 Å². The van der Waals surface area contributed by atoms with Gasteiger partial charge in [-0.15, -0.1) is 0 Å². The largest absolute Gasteiger partial charge is 0.497 e. The van der Waals surface area contributed by atoms with Crippen molar-refractivity contribution < 1.29 is 19.4 Å². The van der Waals surface area contributed by atoms with E-state index in [2.05, 4.69) is 0 Å². The van der Waals surface area contributed by atoms with Gasteiger partial charge in [0.2, 0.25) is 5.91 Å². The second-order valence-electron chi connectivity index (χ2n) is 7.02. The number of carbonyl (C=O) groups excluding carboxylic acids is 1. The quantitative estimate of drug-likeness (QED) is 0.778. The zero-order chi connectivity index (χ0) is 19.3. The monoisotopic (exact) mass is 357 g/mol. The number of rotatable bonds is 8. The summed E-state index contributed by atoms with van der Waals surface area (Å²) in [7, 11) is 1.64. The van der Waals surface area contributed by atoms with Gasteiger partial charge in [-0.2, -0.15) is 0 Å². The Bertz CT molecular complexity index is 785. The molecule has 2 aromatic carbocycles. The molecule has 0 aliphatic carbocycles. The van der Waals surface area contributed by atoms with Crippen molar-refractivity contribution in [3.05, 3.63) is 42.0 Å². The molecule has 5 heteroatoms. The molecule has 0 aliphatic rings. The lowest BCUT2D eigenvalue weighted by atomic mass is 9.96. The van der Waals surface area contributed by atoms with Gasteiger partial charge in [-0.3, -0.25) is 9.59 Å². The van der Waals surface area contributed by atoms with Crippen LogP contribution in [-0.4, -0.2) is 42.1 Å². The first-order valence-electron chi connectivity index (χ1n) is 8.90. The molecule has 1 N–H and O–H groups in total. The fourth-order valence-corrected chi connectivity index (χ4v) is 3.02. The van der Waals surface area contributed by atoms with E-state index in [0.29, 0.717) is 6.54 Å². The number of hydrogen-bond acceptors (Lipinski definition) is 3. The Hall–Kier alpha value is -2.56. The number of benzene rings is 2. The zero-order valence-electron chi connectivity index (χ0n) is 15.9. The number of carboxylic acid groups (broad SMARTS) is 1. The number of aliphatic carboxylic acids is 1. The van der Waals surface area contributed by atoms with E-state index in [1.165, 1.54) is 0 Å². The molecule has 26 heavy (non-hydrogen) atoms. The topological polar surface area (TPSA) is 66.8 Å². The van der Waals surface area contributed by atoms with Gasteiger partial charge >= 0.3 is 5.97 Å². The van der Waals surface area contributed by atoms with Crippen LogP contribution in [0.25, 0.3) is 10.8 Å². The van der Waals surface area contributed by atoms with Gasteiger partial charge in [0.15, 0.2) is 0 Å². The van der Waals surface area contributed by atoms with Gasteiger partial charge in [0, 0.05) is 13.1 Å². The predicted octanol–water partition coefficient (Wildman–Crippen LogP) is 3.91. The SMILES string of the molecule is COc1ccc2cc([C@H](C)C(=O)N(CCC(=O)O)CC(C)C)ccc2c1. The van der Waals surface area contributed by atoms with Gasteiger partial charge in [0.25, 0.3) is 0 Å². The van der Waals surface area contributed by atoms with Crippen LogP contribution in [0.1, 0.15) is 38.7 Å². The molecule has 0 heterocycles. The Labute approximate surface area is 154 Å². The van der Waals surface area contributed by atoms with Crippen LogP contribution in [-0.2, 0) is 9.59 Å². The second kappa shape index (κ2) is 8.70. The maximum Gasteiger partial charge on any atom is 0.305 e. The molecule has 0 aromatic heterocycles. The van der Waals surface area contributed by atoms with Crippen molar-refractivity contribution in [2.24, 2.45) is 5.92 Å². The minimum absolute atomic E-state index is 0.0344. The normalized spacial score (nSPS) is 12.2. The molecule has 0 saturated heterocycles. The Balaban J connectivity index is 2.23. The number of ether oxygens (including phenoxy) is 1. The average Bonchev–Trinajstić information content (AvgIpc) is 2.62. The lowest BCUT2D eigenvalue weighted by Gasteiger charge is -2.27. The second-order valence-corrected chi connectivity index (χ2v) is 7.02. The van der Waals surface area contributed by atoms with Gasteiger partial charge < -0.3 is 14.7 Å². The van der Waals surface area contributed by atoms with Gasteiger partial charge in [-0.25, -0.2) is 0 Å². The summed E-state index contributed by atoms with van der Waals surface area (Å²) < 4.78 is 5.24. The van der Waals surface area contributed by atoms with Gasteiger partial charge in [0.05, 0.1) is 19.4 Å². The minimum atomic E-state index is -0.890. The summed E-state index contributed by atoms with van der Waals surface area (Å²) in [5, 5.41) is 11.0. The summed E-state index contributed by atoms with van der Waals surface area (Å²) in [6.07, 6.45) is -0.0390. The van der Waals surface area contributed by atoms with E-state index in [4.69, 9.17) is 9.84 Å². The van der Waals surface area contributed by atoms with Gasteiger partial charge in [-0.1, -0.05) is 38.1 Å². The third-order valence-corrected chi connectivity index (χ3v) is 4.43. The van der Waals surface area contributed by atoms with E-state index >= 15 is 0 Å². The van der Waals surface area contributed by atoms with E-state index in [1.54, 1.807) is 12.0 Å². The van der Waals surface area contributed by atoms with Crippen LogP contribution in [0.4, 0.5) is 0 Å². The highest BCUT2D eigenvalue weighted by Gasteiger charge is 2.23. The summed E-state index contributed by atoms with van der Waals surface area (Å²) in [5.74, 6) is -0.170. The highest BCUT2D eigenvalue weighted by Crippen LogP contribution is 2.26. The molecule has 2 aromatic rings. The number of fused-ring (bicyclic) bond motifs is 1. The van der Waals surface area contributed by atoms with E-state index in [0.717, 1.165) is 22.1 Å². The molecule has 0 bridgehead atoms. The van der Waals surface area contributed by atoms with E-state index in [1.807, 2.05) is 57.2 Å². The molecule has 0 saturated carbocycles. The molecule has 1 amide bonds. The lowest BCUT2D eigenvalue weighted by molar-refractivity contribution is -0.139. The highest BCUT2D eigenvalue weighted by molar-refractivity contribution is 5.88. The number of amides is 1. The number of hydrogen-bond donors (Lipinski definition) is 1. The molecular formula is C21H27NO4. The maximum absolute atomic E-state index is 12.9. The molecular weight excluding hydrogens is 330 g/mol. The summed E-state index contributed by atoms with van der Waals surface area (Å²) in [5.41, 5.74) is 0.928. The third-order valence-electron chi connectivity index (χ3n) is 4.43. The van der Waals surface area contributed by atoms with E-state index in [9.17, 15) is 9.59 Å². The van der Waals surface area contributed by atoms with Gasteiger partial charge in [-0.05, 0) is 41.3 Å². The molecule has 0 radical (unpaired) electrons. The first-order valence-corrected chi connectivity index (χ1v) is 8.90. The molecule has 0 unspecified atom stereocenters. The molecule has 2 rings (SSSR count). The highest BCUT2D eigenvalue weighted by atomic mass is 16.5. The summed E-state index contributed by atoms with van der Waals surface area (Å²) >= 11 is 0. The van der Waals surface area contributed by atoms with Crippen LogP contribution in [0.3, 0.4) is 0 Å². The van der Waals surface area contributed by atoms with Crippen molar-refractivity contribution in [3.8, 4) is 5.75 Å². The fourth-order valence-electron chi connectivity index (χ4n) is 3.02. The number of nitrogens with zero attached hydrogens (tertiary/aromatic N) is 1. The number of methoxy groups -OCH3 is 1. The maximum atomic E-state index is 12.9. The molecule has 1 atom stereocenters. The Morgan fingerprint density at radius 2 is 1.73 bits per heavy atom. The first-order chi connectivity index (χ1) is 12.3. The van der Waals surface area contributed by atoms with Crippen molar-refractivity contribution in [1.29, 1.82) is 0 Å². The Kier molecular flexibility index (Phi) is 6.61. The Morgan fingerprint density at radius 3 is 2.35 bits per heavy atom. The number of carboxylic acids is 1. The van der Waals surface area contributed by atoms with E-state index in [-0.39, 0.29) is 30.7 Å². The van der Waals surface area contributed by atoms with Crippen LogP contribution in [0.2, 0.25) is 0 Å². The molecule has 5 nitrogen and oxygen atoms in total. The van der Waals surface area contributed by atoms with Crippen LogP contribution < -0.4 is 4.74 Å². The summed E-state index contributed by atoms with van der Waals surface area (Å²) in [6.45, 7) is 6.72. The molecule has 0 spiro atoms. The van der Waals surface area contributed by atoms with Crippen LogP contribution >= 0.6 is 0 Å². The van der Waals surface area contributed by atoms with Gasteiger partial charge in [0.1, 0.15) is 5.75 Å².